The van der Waals surface area contributed by atoms with Crippen molar-refractivity contribution in [3.63, 3.8) is 0 Å². The lowest BCUT2D eigenvalue weighted by atomic mass is 10.2. The van der Waals surface area contributed by atoms with Crippen molar-refractivity contribution in [2.24, 2.45) is 0 Å². The van der Waals surface area contributed by atoms with Gasteiger partial charge >= 0.3 is 0 Å². The molecular formula is C13H13N3O2. The molecule has 0 fully saturated rings. The Labute approximate surface area is 105 Å². The summed E-state index contributed by atoms with van der Waals surface area (Å²) < 4.78 is 5.13. The molecule has 1 aromatic heterocycles. The smallest absolute Gasteiger partial charge is 0.260 e. The summed E-state index contributed by atoms with van der Waals surface area (Å²) in [7, 11) is 1.53. The number of hydrogen-bond donors (Lipinski definition) is 1. The van der Waals surface area contributed by atoms with Crippen molar-refractivity contribution in [2.75, 3.05) is 12.4 Å². The second kappa shape index (κ2) is 5.27. The Hall–Kier alpha value is -2.43. The lowest BCUT2D eigenvalue weighted by Gasteiger charge is -2.08. The van der Waals surface area contributed by atoms with E-state index in [2.05, 4.69) is 15.3 Å². The minimum Gasteiger partial charge on any atom is -0.496 e. The fraction of sp³-hybridized carbons (Fsp3) is 0.154. The SMILES string of the molecule is COc1ccccc1C(=O)Nc1cncc(C)n1. The number of methoxy groups -OCH3 is 1. The van der Waals surface area contributed by atoms with E-state index in [1.54, 1.807) is 24.4 Å². The highest BCUT2D eigenvalue weighted by atomic mass is 16.5. The summed E-state index contributed by atoms with van der Waals surface area (Å²) in [5.41, 5.74) is 1.20. The van der Waals surface area contributed by atoms with Crippen LogP contribution in [0.2, 0.25) is 0 Å². The topological polar surface area (TPSA) is 64.1 Å². The first-order valence-corrected chi connectivity index (χ1v) is 5.43. The van der Waals surface area contributed by atoms with Crippen LogP contribution in [0.25, 0.3) is 0 Å². The maximum atomic E-state index is 12.0. The molecule has 1 N–H and O–H groups in total. The third kappa shape index (κ3) is 2.63. The highest BCUT2D eigenvalue weighted by Crippen LogP contribution is 2.18. The Bertz CT molecular complexity index is 570. The van der Waals surface area contributed by atoms with Crippen LogP contribution in [0.4, 0.5) is 5.82 Å². The standard InChI is InChI=1S/C13H13N3O2/c1-9-7-14-8-12(15-9)16-13(17)10-5-3-4-6-11(10)18-2/h3-8H,1-2H3,(H,15,16,17). The van der Waals surface area contributed by atoms with Gasteiger partial charge in [-0.2, -0.15) is 0 Å². The van der Waals surface area contributed by atoms with Crippen LogP contribution in [0.1, 0.15) is 16.1 Å². The molecule has 1 amide bonds. The van der Waals surface area contributed by atoms with Crippen LogP contribution >= 0.6 is 0 Å². The number of para-hydroxylation sites is 1. The molecule has 5 heteroatoms. The first-order chi connectivity index (χ1) is 8.70. The Balaban J connectivity index is 2.22. The van der Waals surface area contributed by atoms with E-state index in [4.69, 9.17) is 4.74 Å². The van der Waals surface area contributed by atoms with Gasteiger partial charge in [0, 0.05) is 6.20 Å². The van der Waals surface area contributed by atoms with Gasteiger partial charge in [-0.15, -0.1) is 0 Å². The average Bonchev–Trinajstić information content (AvgIpc) is 2.38. The molecule has 92 valence electrons. The van der Waals surface area contributed by atoms with E-state index < -0.39 is 0 Å². The van der Waals surface area contributed by atoms with Crippen molar-refractivity contribution in [1.82, 2.24) is 9.97 Å². The molecule has 0 unspecified atom stereocenters. The summed E-state index contributed by atoms with van der Waals surface area (Å²) in [4.78, 5) is 20.2. The van der Waals surface area contributed by atoms with Gasteiger partial charge in [-0.05, 0) is 19.1 Å². The maximum Gasteiger partial charge on any atom is 0.260 e. The number of ether oxygens (including phenoxy) is 1. The molecule has 2 rings (SSSR count). The number of nitrogens with zero attached hydrogens (tertiary/aromatic N) is 2. The summed E-state index contributed by atoms with van der Waals surface area (Å²) in [6, 6.07) is 7.01. The molecular weight excluding hydrogens is 230 g/mol. The average molecular weight is 243 g/mol. The van der Waals surface area contributed by atoms with Crippen LogP contribution < -0.4 is 10.1 Å². The first-order valence-electron chi connectivity index (χ1n) is 5.43. The molecule has 0 saturated carbocycles. The number of amides is 1. The van der Waals surface area contributed by atoms with Gasteiger partial charge in [0.1, 0.15) is 5.75 Å². The van der Waals surface area contributed by atoms with Crippen LogP contribution in [0.5, 0.6) is 5.75 Å². The van der Waals surface area contributed by atoms with E-state index in [1.165, 1.54) is 13.3 Å². The van der Waals surface area contributed by atoms with Crippen molar-refractivity contribution in [3.8, 4) is 5.75 Å². The summed E-state index contributed by atoms with van der Waals surface area (Å²) in [6.07, 6.45) is 3.12. The molecule has 0 aliphatic heterocycles. The maximum absolute atomic E-state index is 12.0. The van der Waals surface area contributed by atoms with Gasteiger partial charge in [0.25, 0.3) is 5.91 Å². The minimum atomic E-state index is -0.271. The van der Waals surface area contributed by atoms with Gasteiger partial charge in [-0.25, -0.2) is 4.98 Å². The molecule has 1 aromatic carbocycles. The predicted octanol–water partition coefficient (Wildman–Crippen LogP) is 2.05. The second-order valence-corrected chi connectivity index (χ2v) is 3.70. The normalized spacial score (nSPS) is 9.89. The lowest BCUT2D eigenvalue weighted by molar-refractivity contribution is 0.102. The molecule has 2 aromatic rings. The summed E-state index contributed by atoms with van der Waals surface area (Å²) in [6.45, 7) is 1.81. The third-order valence-corrected chi connectivity index (χ3v) is 2.35. The zero-order valence-corrected chi connectivity index (χ0v) is 10.2. The number of aromatic nitrogens is 2. The largest absolute Gasteiger partial charge is 0.496 e. The second-order valence-electron chi connectivity index (χ2n) is 3.70. The van der Waals surface area contributed by atoms with Crippen LogP contribution in [0.15, 0.2) is 36.7 Å². The molecule has 0 atom stereocenters. The number of hydrogen-bond acceptors (Lipinski definition) is 4. The van der Waals surface area contributed by atoms with Crippen LogP contribution in [0.3, 0.4) is 0 Å². The fourth-order valence-electron chi connectivity index (χ4n) is 1.54. The molecule has 0 saturated heterocycles. The fourth-order valence-corrected chi connectivity index (χ4v) is 1.54. The van der Waals surface area contributed by atoms with E-state index in [-0.39, 0.29) is 5.91 Å². The molecule has 0 aliphatic carbocycles. The lowest BCUT2D eigenvalue weighted by Crippen LogP contribution is -2.14. The molecule has 0 radical (unpaired) electrons. The van der Waals surface area contributed by atoms with E-state index in [0.29, 0.717) is 17.1 Å². The Morgan fingerprint density at radius 2 is 2.06 bits per heavy atom. The zero-order valence-electron chi connectivity index (χ0n) is 10.2. The van der Waals surface area contributed by atoms with Crippen molar-refractivity contribution in [2.45, 2.75) is 6.92 Å². The van der Waals surface area contributed by atoms with Crippen LogP contribution in [-0.2, 0) is 0 Å². The molecule has 0 aliphatic rings. The van der Waals surface area contributed by atoms with Crippen molar-refractivity contribution in [3.05, 3.63) is 47.9 Å². The number of benzene rings is 1. The molecule has 1 heterocycles. The van der Waals surface area contributed by atoms with Gasteiger partial charge in [-0.3, -0.25) is 9.78 Å². The first kappa shape index (κ1) is 12.0. The molecule has 0 spiro atoms. The molecule has 18 heavy (non-hydrogen) atoms. The van der Waals surface area contributed by atoms with Gasteiger partial charge < -0.3 is 10.1 Å². The van der Waals surface area contributed by atoms with Gasteiger partial charge in [0.2, 0.25) is 0 Å². The van der Waals surface area contributed by atoms with Crippen molar-refractivity contribution < 1.29 is 9.53 Å². The summed E-state index contributed by atoms with van der Waals surface area (Å²) in [5, 5.41) is 2.68. The number of anilines is 1. The number of rotatable bonds is 3. The number of nitrogens with one attached hydrogen (secondary N) is 1. The van der Waals surface area contributed by atoms with Gasteiger partial charge in [0.05, 0.1) is 24.6 Å². The molecule has 0 bridgehead atoms. The van der Waals surface area contributed by atoms with E-state index in [1.807, 2.05) is 13.0 Å². The highest BCUT2D eigenvalue weighted by Gasteiger charge is 2.12. The Morgan fingerprint density at radius 1 is 1.28 bits per heavy atom. The number of aryl methyl sites for hydroxylation is 1. The Kier molecular flexibility index (Phi) is 3.52. The van der Waals surface area contributed by atoms with Crippen LogP contribution in [0, 0.1) is 6.92 Å². The van der Waals surface area contributed by atoms with E-state index >= 15 is 0 Å². The summed E-state index contributed by atoms with van der Waals surface area (Å²) in [5.74, 6) is 0.675. The third-order valence-electron chi connectivity index (χ3n) is 2.35. The Morgan fingerprint density at radius 3 is 2.78 bits per heavy atom. The summed E-state index contributed by atoms with van der Waals surface area (Å²) >= 11 is 0. The van der Waals surface area contributed by atoms with Crippen LogP contribution in [-0.4, -0.2) is 23.0 Å². The predicted molar refractivity (Wildman–Crippen MR) is 67.7 cm³/mol. The van der Waals surface area contributed by atoms with Gasteiger partial charge in [-0.1, -0.05) is 12.1 Å². The monoisotopic (exact) mass is 243 g/mol. The van der Waals surface area contributed by atoms with E-state index in [9.17, 15) is 4.79 Å². The van der Waals surface area contributed by atoms with E-state index in [0.717, 1.165) is 5.69 Å². The molecule has 5 nitrogen and oxygen atoms in total. The number of carbonyl (C=O) groups is 1. The minimum absolute atomic E-state index is 0.271. The quantitative estimate of drug-likeness (QED) is 0.896. The van der Waals surface area contributed by atoms with Crippen molar-refractivity contribution in [1.29, 1.82) is 0 Å². The highest BCUT2D eigenvalue weighted by molar-refractivity contribution is 6.05. The van der Waals surface area contributed by atoms with Gasteiger partial charge in [0.15, 0.2) is 5.82 Å². The van der Waals surface area contributed by atoms with Crippen molar-refractivity contribution >= 4 is 11.7 Å². The number of carbonyl (C=O) groups excluding carboxylic acids is 1. The zero-order chi connectivity index (χ0) is 13.0.